The molecular formula is C15H20N2O. The van der Waals surface area contributed by atoms with E-state index >= 15 is 0 Å². The summed E-state index contributed by atoms with van der Waals surface area (Å²) in [5.41, 5.74) is 1.26. The highest BCUT2D eigenvalue weighted by Gasteiger charge is 2.15. The molecule has 0 aliphatic heterocycles. The molecule has 0 saturated heterocycles. The minimum Gasteiger partial charge on any atom is -0.296 e. The summed E-state index contributed by atoms with van der Waals surface area (Å²) in [5.74, 6) is 0.105. The molecule has 0 aliphatic rings. The van der Waals surface area contributed by atoms with E-state index in [2.05, 4.69) is 18.7 Å². The van der Waals surface area contributed by atoms with E-state index in [0.717, 1.165) is 12.8 Å². The number of hydrogen-bond acceptors (Lipinski definition) is 3. The van der Waals surface area contributed by atoms with Gasteiger partial charge in [-0.05, 0) is 32.0 Å². The number of hydrogen-bond donors (Lipinski definition) is 0. The Labute approximate surface area is 109 Å². The Hall–Kier alpha value is -1.66. The summed E-state index contributed by atoms with van der Waals surface area (Å²) in [6.07, 6.45) is 2.10. The van der Waals surface area contributed by atoms with Gasteiger partial charge in [0.1, 0.15) is 0 Å². The minimum atomic E-state index is 0.105. The van der Waals surface area contributed by atoms with Crippen molar-refractivity contribution in [1.29, 1.82) is 5.26 Å². The summed E-state index contributed by atoms with van der Waals surface area (Å²) >= 11 is 0. The number of nitriles is 1. The molecule has 0 aliphatic carbocycles. The number of ketones is 1. The quantitative estimate of drug-likeness (QED) is 0.723. The SMILES string of the molecule is CCC(CC)N(C)CC(=O)c1ccc(C#N)cc1. The Bertz CT molecular complexity index is 427. The van der Waals surface area contributed by atoms with Gasteiger partial charge in [0.05, 0.1) is 18.2 Å². The van der Waals surface area contributed by atoms with Gasteiger partial charge in [-0.1, -0.05) is 26.0 Å². The van der Waals surface area contributed by atoms with Crippen LogP contribution in [0.25, 0.3) is 0 Å². The highest BCUT2D eigenvalue weighted by atomic mass is 16.1. The van der Waals surface area contributed by atoms with Crippen molar-refractivity contribution in [3.8, 4) is 6.07 Å². The Kier molecular flexibility index (Phi) is 5.54. The first kappa shape index (κ1) is 14.4. The van der Waals surface area contributed by atoms with Crippen molar-refractivity contribution in [3.05, 3.63) is 35.4 Å². The summed E-state index contributed by atoms with van der Waals surface area (Å²) in [5, 5.41) is 8.71. The lowest BCUT2D eigenvalue weighted by Gasteiger charge is -2.25. The van der Waals surface area contributed by atoms with Crippen molar-refractivity contribution >= 4 is 5.78 Å². The summed E-state index contributed by atoms with van der Waals surface area (Å²) in [6.45, 7) is 4.70. The van der Waals surface area contributed by atoms with Gasteiger partial charge in [0.15, 0.2) is 5.78 Å². The largest absolute Gasteiger partial charge is 0.296 e. The molecule has 18 heavy (non-hydrogen) atoms. The molecule has 0 radical (unpaired) electrons. The van der Waals surface area contributed by atoms with E-state index in [1.54, 1.807) is 24.3 Å². The molecule has 0 unspecified atom stereocenters. The monoisotopic (exact) mass is 244 g/mol. The standard InChI is InChI=1S/C15H20N2O/c1-4-14(5-2)17(3)11-15(18)13-8-6-12(10-16)7-9-13/h6-9,14H,4-5,11H2,1-3H3. The van der Waals surface area contributed by atoms with Crippen molar-refractivity contribution < 1.29 is 4.79 Å². The van der Waals surface area contributed by atoms with Crippen LogP contribution in [0.5, 0.6) is 0 Å². The van der Waals surface area contributed by atoms with Gasteiger partial charge in [0, 0.05) is 11.6 Å². The van der Waals surface area contributed by atoms with E-state index in [0.29, 0.717) is 23.7 Å². The first-order chi connectivity index (χ1) is 8.62. The van der Waals surface area contributed by atoms with E-state index in [4.69, 9.17) is 5.26 Å². The zero-order valence-electron chi connectivity index (χ0n) is 11.3. The van der Waals surface area contributed by atoms with Crippen LogP contribution >= 0.6 is 0 Å². The molecule has 0 amide bonds. The number of carbonyl (C=O) groups is 1. The molecule has 1 aromatic rings. The fraction of sp³-hybridized carbons (Fsp3) is 0.467. The topological polar surface area (TPSA) is 44.1 Å². The van der Waals surface area contributed by atoms with Crippen LogP contribution in [0.2, 0.25) is 0 Å². The summed E-state index contributed by atoms with van der Waals surface area (Å²) in [6, 6.07) is 9.32. The molecule has 0 spiro atoms. The average Bonchev–Trinajstić information content (AvgIpc) is 2.40. The number of carbonyl (C=O) groups excluding carboxylic acids is 1. The van der Waals surface area contributed by atoms with Crippen LogP contribution in [-0.2, 0) is 0 Å². The number of Topliss-reactive ketones (excluding diaryl/α,β-unsaturated/α-hetero) is 1. The smallest absolute Gasteiger partial charge is 0.176 e. The molecule has 96 valence electrons. The van der Waals surface area contributed by atoms with Crippen molar-refractivity contribution in [2.75, 3.05) is 13.6 Å². The normalized spacial score (nSPS) is 10.7. The molecular weight excluding hydrogens is 224 g/mol. The third-order valence-electron chi connectivity index (χ3n) is 3.29. The fourth-order valence-electron chi connectivity index (χ4n) is 2.09. The summed E-state index contributed by atoms with van der Waals surface area (Å²) in [7, 11) is 1.99. The Morgan fingerprint density at radius 1 is 1.28 bits per heavy atom. The maximum Gasteiger partial charge on any atom is 0.176 e. The van der Waals surface area contributed by atoms with Gasteiger partial charge >= 0.3 is 0 Å². The first-order valence-electron chi connectivity index (χ1n) is 6.36. The van der Waals surface area contributed by atoms with Crippen LogP contribution in [-0.4, -0.2) is 30.3 Å². The zero-order chi connectivity index (χ0) is 13.5. The van der Waals surface area contributed by atoms with Gasteiger partial charge in [-0.25, -0.2) is 0 Å². The van der Waals surface area contributed by atoms with E-state index < -0.39 is 0 Å². The highest BCUT2D eigenvalue weighted by Crippen LogP contribution is 2.09. The molecule has 0 atom stereocenters. The van der Waals surface area contributed by atoms with Gasteiger partial charge in [-0.3, -0.25) is 9.69 Å². The van der Waals surface area contributed by atoms with Crippen molar-refractivity contribution in [2.24, 2.45) is 0 Å². The summed E-state index contributed by atoms with van der Waals surface area (Å²) < 4.78 is 0. The lowest BCUT2D eigenvalue weighted by atomic mass is 10.1. The van der Waals surface area contributed by atoms with Crippen LogP contribution in [0.3, 0.4) is 0 Å². The average molecular weight is 244 g/mol. The third kappa shape index (κ3) is 3.68. The van der Waals surface area contributed by atoms with Crippen molar-refractivity contribution in [1.82, 2.24) is 4.90 Å². The second kappa shape index (κ2) is 6.93. The van der Waals surface area contributed by atoms with Crippen LogP contribution in [0, 0.1) is 11.3 Å². The molecule has 1 rings (SSSR count). The molecule has 0 heterocycles. The molecule has 0 aromatic heterocycles. The molecule has 0 N–H and O–H groups in total. The maximum atomic E-state index is 12.1. The number of likely N-dealkylation sites (N-methyl/N-ethyl adjacent to an activating group) is 1. The van der Waals surface area contributed by atoms with Gasteiger partial charge in [0.25, 0.3) is 0 Å². The maximum absolute atomic E-state index is 12.1. The van der Waals surface area contributed by atoms with Crippen LogP contribution in [0.4, 0.5) is 0 Å². The van der Waals surface area contributed by atoms with Crippen LogP contribution in [0.15, 0.2) is 24.3 Å². The molecule has 0 bridgehead atoms. The minimum absolute atomic E-state index is 0.105. The van der Waals surface area contributed by atoms with Crippen LogP contribution < -0.4 is 0 Å². The van der Waals surface area contributed by atoms with Gasteiger partial charge < -0.3 is 0 Å². The van der Waals surface area contributed by atoms with E-state index in [9.17, 15) is 4.79 Å². The first-order valence-corrected chi connectivity index (χ1v) is 6.36. The molecule has 1 aromatic carbocycles. The zero-order valence-corrected chi connectivity index (χ0v) is 11.3. The number of rotatable bonds is 6. The Balaban J connectivity index is 2.67. The van der Waals surface area contributed by atoms with Gasteiger partial charge in [0.2, 0.25) is 0 Å². The Morgan fingerprint density at radius 2 is 1.83 bits per heavy atom. The second-order valence-electron chi connectivity index (χ2n) is 4.50. The van der Waals surface area contributed by atoms with Crippen molar-refractivity contribution in [2.45, 2.75) is 32.7 Å². The van der Waals surface area contributed by atoms with Gasteiger partial charge in [-0.15, -0.1) is 0 Å². The number of nitrogens with zero attached hydrogens (tertiary/aromatic N) is 2. The molecule has 3 nitrogen and oxygen atoms in total. The Morgan fingerprint density at radius 3 is 2.28 bits per heavy atom. The van der Waals surface area contributed by atoms with E-state index in [-0.39, 0.29) is 5.78 Å². The van der Waals surface area contributed by atoms with Crippen molar-refractivity contribution in [3.63, 3.8) is 0 Å². The fourth-order valence-corrected chi connectivity index (χ4v) is 2.09. The summed E-state index contributed by atoms with van der Waals surface area (Å²) in [4.78, 5) is 14.2. The predicted octanol–water partition coefficient (Wildman–Crippen LogP) is 2.86. The predicted molar refractivity (Wildman–Crippen MR) is 72.5 cm³/mol. The molecule has 3 heteroatoms. The molecule has 0 saturated carbocycles. The second-order valence-corrected chi connectivity index (χ2v) is 4.50. The lowest BCUT2D eigenvalue weighted by Crippen LogP contribution is -2.35. The lowest BCUT2D eigenvalue weighted by molar-refractivity contribution is 0.0915. The van der Waals surface area contributed by atoms with E-state index in [1.165, 1.54) is 0 Å². The van der Waals surface area contributed by atoms with E-state index in [1.807, 2.05) is 13.1 Å². The number of benzene rings is 1. The molecule has 0 fully saturated rings. The highest BCUT2D eigenvalue weighted by molar-refractivity contribution is 5.97. The third-order valence-corrected chi connectivity index (χ3v) is 3.29. The van der Waals surface area contributed by atoms with Crippen LogP contribution in [0.1, 0.15) is 42.6 Å². The van der Waals surface area contributed by atoms with Gasteiger partial charge in [-0.2, -0.15) is 5.26 Å².